The van der Waals surface area contributed by atoms with Gasteiger partial charge in [0.15, 0.2) is 5.78 Å². The van der Waals surface area contributed by atoms with Crippen LogP contribution in [0.15, 0.2) is 40.0 Å². The zero-order chi connectivity index (χ0) is 20.7. The van der Waals surface area contributed by atoms with E-state index in [0.29, 0.717) is 17.7 Å². The van der Waals surface area contributed by atoms with E-state index in [1.54, 1.807) is 0 Å². The highest BCUT2D eigenvalue weighted by Crippen LogP contribution is 2.58. The number of benzene rings is 1. The molecular formula is C26H33BrN2O. The molecule has 3 nitrogen and oxygen atoms in total. The van der Waals surface area contributed by atoms with Crippen LogP contribution in [0.1, 0.15) is 65.2 Å². The fraction of sp³-hybridized carbons (Fsp3) is 0.654. The molecule has 1 aromatic rings. The average Bonchev–Trinajstić information content (AvgIpc) is 2.66. The van der Waals surface area contributed by atoms with Gasteiger partial charge in [-0.15, -0.1) is 0 Å². The number of carbonyl (C=O) groups excluding carboxylic acids is 1. The minimum atomic E-state index is 0.0480. The zero-order valence-electron chi connectivity index (χ0n) is 18.3. The first-order valence-electron chi connectivity index (χ1n) is 11.8. The van der Waals surface area contributed by atoms with Gasteiger partial charge < -0.3 is 4.90 Å². The molecule has 4 saturated carbocycles. The Kier molecular flexibility index (Phi) is 4.35. The fourth-order valence-electron chi connectivity index (χ4n) is 7.89. The van der Waals surface area contributed by atoms with Gasteiger partial charge >= 0.3 is 0 Å². The minimum Gasteiger partial charge on any atom is -0.331 e. The Hall–Kier alpha value is -1.13. The molecule has 0 spiro atoms. The second-order valence-electron chi connectivity index (χ2n) is 11.8. The van der Waals surface area contributed by atoms with Crippen LogP contribution >= 0.6 is 15.9 Å². The lowest BCUT2D eigenvalue weighted by molar-refractivity contribution is -0.120. The largest absolute Gasteiger partial charge is 0.331 e. The number of halogens is 1. The maximum absolute atomic E-state index is 13.3. The molecule has 0 atom stereocenters. The molecular weight excluding hydrogens is 436 g/mol. The van der Waals surface area contributed by atoms with Crippen molar-refractivity contribution in [1.29, 1.82) is 0 Å². The molecule has 1 aromatic carbocycles. The summed E-state index contributed by atoms with van der Waals surface area (Å²) in [5.74, 6) is 3.16. The number of hydrogen-bond donors (Lipinski definition) is 0. The zero-order valence-corrected chi connectivity index (χ0v) is 19.9. The summed E-state index contributed by atoms with van der Waals surface area (Å²) in [5, 5.41) is 0. The second-order valence-corrected chi connectivity index (χ2v) is 12.7. The number of Topliss-reactive ketones (excluding diaryl/α,β-unsaturated/α-hetero) is 1. The van der Waals surface area contributed by atoms with E-state index in [2.05, 4.69) is 63.8 Å². The summed E-state index contributed by atoms with van der Waals surface area (Å²) in [4.78, 5) is 18.6. The van der Waals surface area contributed by atoms with Gasteiger partial charge in [-0.25, -0.2) is 0 Å². The van der Waals surface area contributed by atoms with Gasteiger partial charge in [0.1, 0.15) is 0 Å². The van der Waals surface area contributed by atoms with Crippen molar-refractivity contribution in [3.8, 4) is 0 Å². The summed E-state index contributed by atoms with van der Waals surface area (Å²) in [5.41, 5.74) is 4.00. The van der Waals surface area contributed by atoms with Crippen molar-refractivity contribution < 1.29 is 4.79 Å². The Morgan fingerprint density at radius 1 is 0.933 bits per heavy atom. The molecule has 4 fully saturated rings. The highest BCUT2D eigenvalue weighted by atomic mass is 79.9. The number of allylic oxidation sites excluding steroid dienone is 1. The Balaban J connectivity index is 1.41. The maximum atomic E-state index is 13.3. The molecule has 0 radical (unpaired) electrons. The number of carbonyl (C=O) groups is 1. The van der Waals surface area contributed by atoms with Crippen molar-refractivity contribution in [3.63, 3.8) is 0 Å². The molecule has 0 unspecified atom stereocenters. The van der Waals surface area contributed by atoms with Gasteiger partial charge in [-0.1, -0.05) is 29.8 Å². The van der Waals surface area contributed by atoms with E-state index in [4.69, 9.17) is 0 Å². The van der Waals surface area contributed by atoms with Crippen molar-refractivity contribution in [2.45, 2.75) is 70.8 Å². The topological polar surface area (TPSA) is 23.6 Å². The lowest BCUT2D eigenvalue weighted by Gasteiger charge is -2.62. The van der Waals surface area contributed by atoms with Crippen LogP contribution in [0.2, 0.25) is 0 Å². The first-order chi connectivity index (χ1) is 14.3. The lowest BCUT2D eigenvalue weighted by atomic mass is 9.52. The van der Waals surface area contributed by atoms with Crippen molar-refractivity contribution in [2.24, 2.45) is 23.2 Å². The molecule has 160 valence electrons. The van der Waals surface area contributed by atoms with Crippen LogP contribution < -0.4 is 4.90 Å². The van der Waals surface area contributed by atoms with Crippen LogP contribution in [0, 0.1) is 23.2 Å². The monoisotopic (exact) mass is 468 g/mol. The first-order valence-corrected chi connectivity index (χ1v) is 12.6. The summed E-state index contributed by atoms with van der Waals surface area (Å²) in [6, 6.07) is 8.69. The summed E-state index contributed by atoms with van der Waals surface area (Å²) < 4.78 is 1.11. The third kappa shape index (κ3) is 3.12. The van der Waals surface area contributed by atoms with Crippen LogP contribution in [0.4, 0.5) is 5.69 Å². The molecule has 0 saturated heterocycles. The van der Waals surface area contributed by atoms with Gasteiger partial charge in [0.2, 0.25) is 0 Å². The van der Waals surface area contributed by atoms with E-state index in [1.165, 1.54) is 49.9 Å². The predicted molar refractivity (Wildman–Crippen MR) is 124 cm³/mol. The molecule has 0 amide bonds. The highest BCUT2D eigenvalue weighted by molar-refractivity contribution is 9.10. The van der Waals surface area contributed by atoms with E-state index in [0.717, 1.165) is 47.4 Å². The van der Waals surface area contributed by atoms with Gasteiger partial charge in [-0.3, -0.25) is 9.69 Å². The molecule has 30 heavy (non-hydrogen) atoms. The van der Waals surface area contributed by atoms with E-state index >= 15 is 0 Å². The van der Waals surface area contributed by atoms with Crippen molar-refractivity contribution in [2.75, 3.05) is 18.1 Å². The summed E-state index contributed by atoms with van der Waals surface area (Å²) in [6.07, 6.45) is 10.1. The van der Waals surface area contributed by atoms with E-state index in [1.807, 2.05) is 0 Å². The van der Waals surface area contributed by atoms with Gasteiger partial charge in [-0.2, -0.15) is 0 Å². The number of nitrogens with zero attached hydrogens (tertiary/aromatic N) is 2. The van der Waals surface area contributed by atoms with Crippen LogP contribution in [0.5, 0.6) is 0 Å². The Morgan fingerprint density at radius 2 is 1.53 bits per heavy atom. The molecule has 1 heterocycles. The van der Waals surface area contributed by atoms with Gasteiger partial charge in [0.05, 0.1) is 6.67 Å². The van der Waals surface area contributed by atoms with Crippen LogP contribution in [-0.4, -0.2) is 29.4 Å². The third-order valence-electron chi connectivity index (χ3n) is 8.77. The van der Waals surface area contributed by atoms with Gasteiger partial charge in [0.25, 0.3) is 0 Å². The Labute approximate surface area is 189 Å². The third-order valence-corrected chi connectivity index (χ3v) is 9.30. The molecule has 0 aromatic heterocycles. The molecule has 4 bridgehead atoms. The van der Waals surface area contributed by atoms with Crippen molar-refractivity contribution in [3.05, 3.63) is 40.0 Å². The molecule has 1 aliphatic heterocycles. The standard InChI is InChI=1S/C26H33BrN2O/c1-25(2)13-23-22(24(30)14-25)15-28(16-29(23)21-5-3-20(27)4-6-21)26-10-17-7-18(11-26)9-19(8-17)12-26/h3-6,17-19H,7-16H2,1-2H3. The van der Waals surface area contributed by atoms with E-state index in [-0.39, 0.29) is 5.41 Å². The first kappa shape index (κ1) is 19.5. The Bertz CT molecular complexity index is 880. The highest BCUT2D eigenvalue weighted by Gasteiger charge is 2.55. The number of rotatable bonds is 2. The fourth-order valence-corrected chi connectivity index (χ4v) is 8.15. The average molecular weight is 469 g/mol. The molecule has 6 aliphatic rings. The SMILES string of the molecule is CC1(C)CC(=O)C2=C(C1)N(c1ccc(Br)cc1)CN(C13CC4CC(CC(C4)C1)C3)C2. The number of hydrogen-bond acceptors (Lipinski definition) is 3. The minimum absolute atomic E-state index is 0.0480. The van der Waals surface area contributed by atoms with Crippen molar-refractivity contribution >= 4 is 27.4 Å². The van der Waals surface area contributed by atoms with Crippen LogP contribution in [0.25, 0.3) is 0 Å². The smallest absolute Gasteiger partial charge is 0.162 e. The summed E-state index contributed by atoms with van der Waals surface area (Å²) in [7, 11) is 0. The maximum Gasteiger partial charge on any atom is 0.162 e. The van der Waals surface area contributed by atoms with Gasteiger partial charge in [-0.05, 0) is 92.4 Å². The number of ketones is 1. The van der Waals surface area contributed by atoms with Gasteiger partial charge in [0, 0.05) is 39.9 Å². The van der Waals surface area contributed by atoms with E-state index in [9.17, 15) is 4.79 Å². The van der Waals surface area contributed by atoms with Crippen molar-refractivity contribution in [1.82, 2.24) is 4.90 Å². The van der Waals surface area contributed by atoms with E-state index < -0.39 is 0 Å². The predicted octanol–water partition coefficient (Wildman–Crippen LogP) is 6.14. The summed E-state index contributed by atoms with van der Waals surface area (Å²) >= 11 is 3.59. The molecule has 0 N–H and O–H groups in total. The lowest BCUT2D eigenvalue weighted by Crippen LogP contribution is -2.64. The molecule has 5 aliphatic carbocycles. The van der Waals surface area contributed by atoms with Crippen LogP contribution in [-0.2, 0) is 4.79 Å². The molecule has 7 rings (SSSR count). The molecule has 4 heteroatoms. The number of anilines is 1. The normalized spacial score (nSPS) is 37.6. The van der Waals surface area contributed by atoms with Crippen LogP contribution in [0.3, 0.4) is 0 Å². The quantitative estimate of drug-likeness (QED) is 0.520. The second kappa shape index (κ2) is 6.68. The Morgan fingerprint density at radius 3 is 2.13 bits per heavy atom. The summed E-state index contributed by atoms with van der Waals surface area (Å²) in [6.45, 7) is 6.32.